The van der Waals surface area contributed by atoms with Gasteiger partial charge in [0.1, 0.15) is 0 Å². The lowest BCUT2D eigenvalue weighted by Gasteiger charge is -2.08. The van der Waals surface area contributed by atoms with Gasteiger partial charge in [0.15, 0.2) is 6.29 Å². The van der Waals surface area contributed by atoms with E-state index in [1.54, 1.807) is 6.20 Å². The maximum absolute atomic E-state index is 10.5. The van der Waals surface area contributed by atoms with Gasteiger partial charge in [-0.3, -0.25) is 9.48 Å². The van der Waals surface area contributed by atoms with Crippen molar-refractivity contribution in [3.05, 3.63) is 30.4 Å². The van der Waals surface area contributed by atoms with Crippen molar-refractivity contribution in [3.8, 4) is 0 Å². The fraction of sp³-hybridized carbons (Fsp3) is 0.333. The number of hydrogen-bond acceptors (Lipinski definition) is 6. The van der Waals surface area contributed by atoms with Gasteiger partial charge in [-0.25, -0.2) is 9.97 Å². The Morgan fingerprint density at radius 1 is 1.32 bits per heavy atom. The molecule has 2 aromatic rings. The van der Waals surface area contributed by atoms with E-state index in [0.717, 1.165) is 18.8 Å². The molecule has 0 atom stereocenters. The summed E-state index contributed by atoms with van der Waals surface area (Å²) >= 11 is 0. The third-order valence-corrected chi connectivity index (χ3v) is 2.47. The molecule has 0 saturated heterocycles. The number of aldehydes is 1. The second-order valence-corrected chi connectivity index (χ2v) is 4.38. The van der Waals surface area contributed by atoms with Crippen LogP contribution in [0, 0.1) is 0 Å². The third kappa shape index (κ3) is 3.85. The van der Waals surface area contributed by atoms with Crippen molar-refractivity contribution in [3.63, 3.8) is 0 Å². The molecule has 7 heteroatoms. The van der Waals surface area contributed by atoms with Gasteiger partial charge in [-0.05, 0) is 14.1 Å². The Kier molecular flexibility index (Phi) is 4.19. The number of carbonyl (C=O) groups excluding carboxylic acids is 1. The molecule has 0 radical (unpaired) electrons. The number of likely N-dealkylation sites (N-methyl/N-ethyl adjacent to an activating group) is 1. The van der Waals surface area contributed by atoms with Gasteiger partial charge in [0.25, 0.3) is 0 Å². The highest BCUT2D eigenvalue weighted by atomic mass is 16.1. The van der Waals surface area contributed by atoms with Crippen LogP contribution in [0.25, 0.3) is 0 Å². The molecule has 0 aliphatic rings. The Balaban J connectivity index is 1.96. The van der Waals surface area contributed by atoms with E-state index >= 15 is 0 Å². The van der Waals surface area contributed by atoms with Crippen molar-refractivity contribution < 1.29 is 4.79 Å². The molecule has 0 aliphatic carbocycles. The minimum Gasteiger partial charge on any atom is -0.321 e. The molecular formula is C12H16N6O. The molecule has 0 aliphatic heterocycles. The highest BCUT2D eigenvalue weighted by Crippen LogP contribution is 2.10. The first-order chi connectivity index (χ1) is 9.17. The summed E-state index contributed by atoms with van der Waals surface area (Å²) in [5.74, 6) is 0.442. The van der Waals surface area contributed by atoms with Crippen molar-refractivity contribution in [2.24, 2.45) is 0 Å². The molecule has 2 aromatic heterocycles. The Morgan fingerprint density at radius 3 is 2.68 bits per heavy atom. The molecule has 19 heavy (non-hydrogen) atoms. The first-order valence-corrected chi connectivity index (χ1v) is 5.89. The van der Waals surface area contributed by atoms with Gasteiger partial charge in [0.2, 0.25) is 5.95 Å². The van der Waals surface area contributed by atoms with Crippen molar-refractivity contribution in [2.75, 3.05) is 26.0 Å². The van der Waals surface area contributed by atoms with Gasteiger partial charge < -0.3 is 10.2 Å². The average Bonchev–Trinajstić information content (AvgIpc) is 2.85. The van der Waals surface area contributed by atoms with Crippen LogP contribution in [0.1, 0.15) is 10.4 Å². The standard InChI is InChI=1S/C12H16N6O/c1-17(2)3-4-18-8-11(7-15-18)16-12-13-5-10(9-19)6-14-12/h5-9H,3-4H2,1-2H3,(H,13,14,16). The zero-order valence-electron chi connectivity index (χ0n) is 10.9. The van der Waals surface area contributed by atoms with Crippen LogP contribution in [0.2, 0.25) is 0 Å². The smallest absolute Gasteiger partial charge is 0.227 e. The van der Waals surface area contributed by atoms with E-state index in [1.807, 2.05) is 25.0 Å². The normalized spacial score (nSPS) is 10.7. The number of anilines is 2. The lowest BCUT2D eigenvalue weighted by Crippen LogP contribution is -2.18. The summed E-state index contributed by atoms with van der Waals surface area (Å²) in [5, 5.41) is 7.26. The molecule has 0 amide bonds. The van der Waals surface area contributed by atoms with E-state index in [-0.39, 0.29) is 0 Å². The zero-order chi connectivity index (χ0) is 13.7. The summed E-state index contributed by atoms with van der Waals surface area (Å²) in [6.45, 7) is 1.74. The number of carbonyl (C=O) groups is 1. The fourth-order valence-corrected chi connectivity index (χ4v) is 1.45. The predicted molar refractivity (Wildman–Crippen MR) is 71.5 cm³/mol. The monoisotopic (exact) mass is 260 g/mol. The molecule has 100 valence electrons. The van der Waals surface area contributed by atoms with E-state index in [9.17, 15) is 4.79 Å². The lowest BCUT2D eigenvalue weighted by atomic mass is 10.4. The Labute approximate surface area is 111 Å². The van der Waals surface area contributed by atoms with Gasteiger partial charge >= 0.3 is 0 Å². The van der Waals surface area contributed by atoms with Gasteiger partial charge in [-0.15, -0.1) is 0 Å². The summed E-state index contributed by atoms with van der Waals surface area (Å²) in [5.41, 5.74) is 1.27. The third-order valence-electron chi connectivity index (χ3n) is 2.47. The van der Waals surface area contributed by atoms with E-state index in [4.69, 9.17) is 0 Å². The summed E-state index contributed by atoms with van der Waals surface area (Å²) in [4.78, 5) is 20.6. The lowest BCUT2D eigenvalue weighted by molar-refractivity contribution is 0.112. The predicted octanol–water partition coefficient (Wildman–Crippen LogP) is 0.791. The molecule has 1 N–H and O–H groups in total. The van der Waals surface area contributed by atoms with Crippen LogP contribution in [-0.2, 0) is 6.54 Å². The quantitative estimate of drug-likeness (QED) is 0.774. The minimum atomic E-state index is 0.442. The summed E-state index contributed by atoms with van der Waals surface area (Å²) in [6, 6.07) is 0. The van der Waals surface area contributed by atoms with Crippen LogP contribution in [0.4, 0.5) is 11.6 Å². The molecule has 0 spiro atoms. The molecule has 0 bridgehead atoms. The second kappa shape index (κ2) is 6.05. The maximum Gasteiger partial charge on any atom is 0.227 e. The molecule has 7 nitrogen and oxygen atoms in total. The van der Waals surface area contributed by atoms with E-state index < -0.39 is 0 Å². The fourth-order valence-electron chi connectivity index (χ4n) is 1.45. The largest absolute Gasteiger partial charge is 0.321 e. The van der Waals surface area contributed by atoms with E-state index in [2.05, 4.69) is 25.3 Å². The Hall–Kier alpha value is -2.28. The summed E-state index contributed by atoms with van der Waals surface area (Å²) in [6.07, 6.45) is 7.26. The topological polar surface area (TPSA) is 75.9 Å². The second-order valence-electron chi connectivity index (χ2n) is 4.38. The van der Waals surface area contributed by atoms with Crippen LogP contribution < -0.4 is 5.32 Å². The first-order valence-electron chi connectivity index (χ1n) is 5.89. The SMILES string of the molecule is CN(C)CCn1cc(Nc2ncc(C=O)cn2)cn1. The van der Waals surface area contributed by atoms with Gasteiger partial charge in [0, 0.05) is 25.1 Å². The van der Waals surface area contributed by atoms with Crippen LogP contribution in [0.15, 0.2) is 24.8 Å². The summed E-state index contributed by atoms with van der Waals surface area (Å²) in [7, 11) is 4.04. The number of hydrogen-bond donors (Lipinski definition) is 1. The average molecular weight is 260 g/mol. The van der Waals surface area contributed by atoms with Crippen molar-refractivity contribution >= 4 is 17.9 Å². The van der Waals surface area contributed by atoms with E-state index in [1.165, 1.54) is 12.4 Å². The minimum absolute atomic E-state index is 0.442. The number of rotatable bonds is 6. The van der Waals surface area contributed by atoms with Gasteiger partial charge in [0.05, 0.1) is 24.0 Å². The van der Waals surface area contributed by atoms with E-state index in [0.29, 0.717) is 17.8 Å². The number of nitrogens with one attached hydrogen (secondary N) is 1. The van der Waals surface area contributed by atoms with Crippen LogP contribution in [0.5, 0.6) is 0 Å². The number of nitrogens with zero attached hydrogens (tertiary/aromatic N) is 5. The van der Waals surface area contributed by atoms with Crippen molar-refractivity contribution in [2.45, 2.75) is 6.54 Å². The molecule has 2 rings (SSSR count). The molecule has 2 heterocycles. The molecule has 0 unspecified atom stereocenters. The molecular weight excluding hydrogens is 244 g/mol. The molecule has 0 fully saturated rings. The van der Waals surface area contributed by atoms with Crippen LogP contribution >= 0.6 is 0 Å². The van der Waals surface area contributed by atoms with Crippen LogP contribution in [-0.4, -0.2) is 51.6 Å². The zero-order valence-corrected chi connectivity index (χ0v) is 10.9. The van der Waals surface area contributed by atoms with Crippen LogP contribution in [0.3, 0.4) is 0 Å². The first kappa shape index (κ1) is 13.2. The van der Waals surface area contributed by atoms with Crippen molar-refractivity contribution in [1.82, 2.24) is 24.6 Å². The Bertz CT molecular complexity index is 533. The molecule has 0 aromatic carbocycles. The van der Waals surface area contributed by atoms with Gasteiger partial charge in [-0.2, -0.15) is 5.10 Å². The highest BCUT2D eigenvalue weighted by molar-refractivity contribution is 5.73. The number of aromatic nitrogens is 4. The highest BCUT2D eigenvalue weighted by Gasteiger charge is 2.02. The Morgan fingerprint density at radius 2 is 2.05 bits per heavy atom. The molecule has 0 saturated carbocycles. The summed E-state index contributed by atoms with van der Waals surface area (Å²) < 4.78 is 1.85. The van der Waals surface area contributed by atoms with Gasteiger partial charge in [-0.1, -0.05) is 0 Å². The van der Waals surface area contributed by atoms with Crippen molar-refractivity contribution in [1.29, 1.82) is 0 Å². The maximum atomic E-state index is 10.5.